The van der Waals surface area contributed by atoms with E-state index in [1.807, 2.05) is 6.92 Å². The summed E-state index contributed by atoms with van der Waals surface area (Å²) in [5, 5.41) is 0.340. The predicted octanol–water partition coefficient (Wildman–Crippen LogP) is 2.58. The van der Waals surface area contributed by atoms with Crippen molar-refractivity contribution < 1.29 is 19.0 Å². The molecular weight excluding hydrogens is 244 g/mol. The molecule has 17 heavy (non-hydrogen) atoms. The van der Waals surface area contributed by atoms with Crippen LogP contribution >= 0.6 is 11.6 Å². The molecule has 0 aliphatic rings. The molecule has 1 aromatic carbocycles. The van der Waals surface area contributed by atoms with Crippen molar-refractivity contribution in [3.05, 3.63) is 22.7 Å². The van der Waals surface area contributed by atoms with E-state index in [-0.39, 0.29) is 12.4 Å². The quantitative estimate of drug-likeness (QED) is 0.736. The maximum atomic E-state index is 11.7. The maximum Gasteiger partial charge on any atom is 0.188 e. The van der Waals surface area contributed by atoms with E-state index in [1.54, 1.807) is 12.1 Å². The van der Waals surface area contributed by atoms with Crippen LogP contribution in [0, 0.1) is 0 Å². The van der Waals surface area contributed by atoms with Crippen molar-refractivity contribution in [1.82, 2.24) is 0 Å². The molecule has 5 heteroatoms. The van der Waals surface area contributed by atoms with Crippen LogP contribution in [0.1, 0.15) is 17.3 Å². The minimum absolute atomic E-state index is 0.0301. The first-order valence-electron chi connectivity index (χ1n) is 5.16. The van der Waals surface area contributed by atoms with Crippen molar-refractivity contribution in [3.63, 3.8) is 0 Å². The fraction of sp³-hybridized carbons (Fsp3) is 0.417. The molecule has 0 saturated carbocycles. The topological polar surface area (TPSA) is 44.8 Å². The third-order valence-electron chi connectivity index (χ3n) is 2.19. The van der Waals surface area contributed by atoms with E-state index in [0.717, 1.165) is 0 Å². The van der Waals surface area contributed by atoms with Gasteiger partial charge in [-0.15, -0.1) is 0 Å². The summed E-state index contributed by atoms with van der Waals surface area (Å²) in [6.45, 7) is 2.35. The van der Waals surface area contributed by atoms with E-state index >= 15 is 0 Å². The molecule has 0 spiro atoms. The third-order valence-corrected chi connectivity index (χ3v) is 2.47. The van der Waals surface area contributed by atoms with Crippen LogP contribution in [0.15, 0.2) is 12.1 Å². The molecule has 0 unspecified atom stereocenters. The van der Waals surface area contributed by atoms with Gasteiger partial charge in [0.2, 0.25) is 0 Å². The number of methoxy groups -OCH3 is 2. The van der Waals surface area contributed by atoms with Crippen molar-refractivity contribution >= 4 is 17.4 Å². The molecule has 0 aliphatic carbocycles. The van der Waals surface area contributed by atoms with Crippen molar-refractivity contribution in [2.24, 2.45) is 0 Å². The zero-order chi connectivity index (χ0) is 12.8. The highest BCUT2D eigenvalue weighted by Gasteiger charge is 2.14. The molecule has 4 nitrogen and oxygen atoms in total. The largest absolute Gasteiger partial charge is 0.493 e. The monoisotopic (exact) mass is 258 g/mol. The van der Waals surface area contributed by atoms with Gasteiger partial charge in [0.15, 0.2) is 17.3 Å². The number of halogens is 1. The fourth-order valence-electron chi connectivity index (χ4n) is 1.36. The van der Waals surface area contributed by atoms with Gasteiger partial charge < -0.3 is 14.2 Å². The minimum atomic E-state index is -0.144. The van der Waals surface area contributed by atoms with Crippen molar-refractivity contribution in [3.8, 4) is 11.5 Å². The lowest BCUT2D eigenvalue weighted by molar-refractivity contribution is 0.0783. The van der Waals surface area contributed by atoms with Crippen LogP contribution in [-0.4, -0.2) is 33.2 Å². The molecule has 94 valence electrons. The summed E-state index contributed by atoms with van der Waals surface area (Å²) in [5.41, 5.74) is 0.445. The van der Waals surface area contributed by atoms with Gasteiger partial charge in [0.25, 0.3) is 0 Å². The Balaban J connectivity index is 3.02. The number of carbonyl (C=O) groups excluding carboxylic acids is 1. The van der Waals surface area contributed by atoms with Gasteiger partial charge in [0.1, 0.15) is 6.61 Å². The van der Waals surface area contributed by atoms with Crippen LogP contribution in [0.5, 0.6) is 11.5 Å². The molecule has 0 amide bonds. The lowest BCUT2D eigenvalue weighted by Gasteiger charge is -2.11. The number of hydrogen-bond donors (Lipinski definition) is 0. The molecule has 0 aliphatic heterocycles. The first-order chi connectivity index (χ1) is 8.13. The van der Waals surface area contributed by atoms with Crippen LogP contribution in [0.3, 0.4) is 0 Å². The van der Waals surface area contributed by atoms with Gasteiger partial charge in [0.05, 0.1) is 19.2 Å². The third kappa shape index (κ3) is 3.35. The minimum Gasteiger partial charge on any atom is -0.493 e. The first-order valence-corrected chi connectivity index (χ1v) is 5.54. The maximum absolute atomic E-state index is 11.7. The van der Waals surface area contributed by atoms with Gasteiger partial charge in [-0.2, -0.15) is 0 Å². The van der Waals surface area contributed by atoms with E-state index < -0.39 is 0 Å². The van der Waals surface area contributed by atoms with E-state index in [1.165, 1.54) is 14.2 Å². The Morgan fingerprint density at radius 2 is 2.00 bits per heavy atom. The molecule has 0 saturated heterocycles. The summed E-state index contributed by atoms with van der Waals surface area (Å²) in [6, 6.07) is 3.14. The Kier molecular flexibility index (Phi) is 5.25. The number of ether oxygens (including phenoxy) is 3. The summed E-state index contributed by atoms with van der Waals surface area (Å²) in [7, 11) is 2.98. The summed E-state index contributed by atoms with van der Waals surface area (Å²) in [5.74, 6) is 0.705. The predicted molar refractivity (Wildman–Crippen MR) is 65.4 cm³/mol. The van der Waals surface area contributed by atoms with E-state index in [9.17, 15) is 4.79 Å². The Hall–Kier alpha value is -1.26. The molecule has 0 radical (unpaired) electrons. The second kappa shape index (κ2) is 6.47. The summed E-state index contributed by atoms with van der Waals surface area (Å²) >= 11 is 5.99. The average Bonchev–Trinajstić information content (AvgIpc) is 2.34. The fourth-order valence-corrected chi connectivity index (χ4v) is 1.64. The normalized spacial score (nSPS) is 10.1. The van der Waals surface area contributed by atoms with Crippen LogP contribution in [0.4, 0.5) is 0 Å². The molecule has 0 atom stereocenters. The van der Waals surface area contributed by atoms with Gasteiger partial charge in [-0.05, 0) is 19.1 Å². The highest BCUT2D eigenvalue weighted by atomic mass is 35.5. The highest BCUT2D eigenvalue weighted by molar-refractivity contribution is 6.32. The average molecular weight is 259 g/mol. The molecule has 0 fully saturated rings. The number of rotatable bonds is 6. The van der Waals surface area contributed by atoms with E-state index in [0.29, 0.717) is 28.7 Å². The Morgan fingerprint density at radius 1 is 1.29 bits per heavy atom. The molecule has 0 N–H and O–H groups in total. The molecule has 0 aromatic heterocycles. The first kappa shape index (κ1) is 13.8. The zero-order valence-electron chi connectivity index (χ0n) is 10.1. The molecule has 1 rings (SSSR count). The number of hydrogen-bond acceptors (Lipinski definition) is 4. The summed E-state index contributed by atoms with van der Waals surface area (Å²) in [6.07, 6.45) is 0. The van der Waals surface area contributed by atoms with Crippen LogP contribution < -0.4 is 9.47 Å². The Bertz CT molecular complexity index is 404. The second-order valence-electron chi connectivity index (χ2n) is 3.25. The Morgan fingerprint density at radius 3 is 2.53 bits per heavy atom. The van der Waals surface area contributed by atoms with Gasteiger partial charge in [-0.25, -0.2) is 0 Å². The highest BCUT2D eigenvalue weighted by Crippen LogP contribution is 2.36. The van der Waals surface area contributed by atoms with E-state index in [2.05, 4.69) is 0 Å². The number of benzene rings is 1. The van der Waals surface area contributed by atoms with Gasteiger partial charge in [-0.1, -0.05) is 11.6 Å². The standard InChI is InChI=1S/C12H15ClO4/c1-4-17-7-10(14)8-5-9(13)12(16-3)11(6-8)15-2/h5-6H,4,7H2,1-3H3. The number of ketones is 1. The molecule has 0 bridgehead atoms. The van der Waals surface area contributed by atoms with E-state index in [4.69, 9.17) is 25.8 Å². The molecule has 0 heterocycles. The smallest absolute Gasteiger partial charge is 0.188 e. The Labute approximate surface area is 105 Å². The summed E-state index contributed by atoms with van der Waals surface area (Å²) < 4.78 is 15.2. The van der Waals surface area contributed by atoms with Crippen molar-refractivity contribution in [2.75, 3.05) is 27.4 Å². The molecular formula is C12H15ClO4. The molecule has 1 aromatic rings. The van der Waals surface area contributed by atoms with Crippen molar-refractivity contribution in [2.45, 2.75) is 6.92 Å². The van der Waals surface area contributed by atoms with Crippen LogP contribution in [0.25, 0.3) is 0 Å². The van der Waals surface area contributed by atoms with Crippen LogP contribution in [0.2, 0.25) is 5.02 Å². The lowest BCUT2D eigenvalue weighted by Crippen LogP contribution is -2.09. The second-order valence-corrected chi connectivity index (χ2v) is 3.66. The van der Waals surface area contributed by atoms with Crippen LogP contribution in [-0.2, 0) is 4.74 Å². The van der Waals surface area contributed by atoms with Gasteiger partial charge in [-0.3, -0.25) is 4.79 Å². The lowest BCUT2D eigenvalue weighted by atomic mass is 10.1. The number of Topliss-reactive ketones (excluding diaryl/α,β-unsaturated/α-hetero) is 1. The van der Waals surface area contributed by atoms with Crippen molar-refractivity contribution in [1.29, 1.82) is 0 Å². The summed E-state index contributed by atoms with van der Waals surface area (Å²) in [4.78, 5) is 11.7. The van der Waals surface area contributed by atoms with Gasteiger partial charge in [0, 0.05) is 12.2 Å². The number of carbonyl (C=O) groups is 1. The zero-order valence-corrected chi connectivity index (χ0v) is 10.8. The van der Waals surface area contributed by atoms with Gasteiger partial charge >= 0.3 is 0 Å². The SMILES string of the molecule is CCOCC(=O)c1cc(Cl)c(OC)c(OC)c1.